The van der Waals surface area contributed by atoms with Gasteiger partial charge in [-0.15, -0.1) is 0 Å². The third kappa shape index (κ3) is 4.21. The summed E-state index contributed by atoms with van der Waals surface area (Å²) in [5.74, 6) is 0. The Morgan fingerprint density at radius 3 is 2.33 bits per heavy atom. The van der Waals surface area contributed by atoms with Gasteiger partial charge in [0, 0.05) is 31.2 Å². The third-order valence-electron chi connectivity index (χ3n) is 4.16. The Hall–Kier alpha value is -2.65. The standard InChI is InChI=1S/C21H23N3/c1-17-18(13-22-20-9-5-3-6-10-20)15-24(2)16-19(17)14-23-21-11-7-4-8-12-21/h3-14,22H,15-16H2,1-2H3/b18-13+,23-14?. The van der Waals surface area contributed by atoms with Crippen molar-refractivity contribution in [3.8, 4) is 0 Å². The highest BCUT2D eigenvalue weighted by atomic mass is 15.1. The number of hydrogen-bond donors (Lipinski definition) is 1. The summed E-state index contributed by atoms with van der Waals surface area (Å²) in [7, 11) is 2.14. The predicted octanol–water partition coefficient (Wildman–Crippen LogP) is 4.65. The number of aliphatic imine (C=N–C) groups is 1. The van der Waals surface area contributed by atoms with Crippen molar-refractivity contribution in [1.82, 2.24) is 4.90 Å². The molecule has 3 rings (SSSR count). The number of rotatable bonds is 4. The molecule has 1 aliphatic heterocycles. The Labute approximate surface area is 144 Å². The maximum atomic E-state index is 4.61. The summed E-state index contributed by atoms with van der Waals surface area (Å²) in [6.07, 6.45) is 4.10. The van der Waals surface area contributed by atoms with E-state index in [2.05, 4.69) is 47.5 Å². The van der Waals surface area contributed by atoms with Crippen LogP contribution in [0.3, 0.4) is 0 Å². The molecule has 122 valence electrons. The van der Waals surface area contributed by atoms with E-state index in [-0.39, 0.29) is 0 Å². The van der Waals surface area contributed by atoms with Gasteiger partial charge in [-0.05, 0) is 55.0 Å². The summed E-state index contributed by atoms with van der Waals surface area (Å²) in [5.41, 5.74) is 5.94. The second-order valence-corrected chi connectivity index (χ2v) is 6.10. The molecule has 0 amide bonds. The van der Waals surface area contributed by atoms with Crippen LogP contribution < -0.4 is 5.32 Å². The van der Waals surface area contributed by atoms with Gasteiger partial charge in [-0.25, -0.2) is 0 Å². The monoisotopic (exact) mass is 317 g/mol. The van der Waals surface area contributed by atoms with Gasteiger partial charge in [0.05, 0.1) is 5.69 Å². The maximum Gasteiger partial charge on any atom is 0.0629 e. The molecule has 0 fully saturated rings. The molecular formula is C21H23N3. The second kappa shape index (κ2) is 7.75. The highest BCUT2D eigenvalue weighted by molar-refractivity contribution is 5.84. The fourth-order valence-electron chi connectivity index (χ4n) is 2.74. The quantitative estimate of drug-likeness (QED) is 0.831. The molecule has 0 aliphatic carbocycles. The van der Waals surface area contributed by atoms with E-state index in [9.17, 15) is 0 Å². The lowest BCUT2D eigenvalue weighted by atomic mass is 9.98. The van der Waals surface area contributed by atoms with Crippen LogP contribution in [0, 0.1) is 0 Å². The second-order valence-electron chi connectivity index (χ2n) is 6.10. The Bertz CT molecular complexity index is 758. The lowest BCUT2D eigenvalue weighted by Crippen LogP contribution is -2.30. The highest BCUT2D eigenvalue weighted by Gasteiger charge is 2.16. The minimum Gasteiger partial charge on any atom is -0.361 e. The molecule has 0 aromatic heterocycles. The SMILES string of the molecule is CC1=C(C=Nc2ccccc2)CN(C)C/C1=C\Nc1ccccc1. The molecule has 0 spiro atoms. The first-order valence-corrected chi connectivity index (χ1v) is 8.21. The van der Waals surface area contributed by atoms with Crippen molar-refractivity contribution in [3.05, 3.63) is 83.6 Å². The number of nitrogens with one attached hydrogen (secondary N) is 1. The van der Waals surface area contributed by atoms with E-state index in [0.29, 0.717) is 0 Å². The van der Waals surface area contributed by atoms with Crippen LogP contribution in [0.2, 0.25) is 0 Å². The molecule has 1 heterocycles. The van der Waals surface area contributed by atoms with E-state index < -0.39 is 0 Å². The van der Waals surface area contributed by atoms with Gasteiger partial charge in [0.2, 0.25) is 0 Å². The molecule has 24 heavy (non-hydrogen) atoms. The maximum absolute atomic E-state index is 4.61. The van der Waals surface area contributed by atoms with Gasteiger partial charge >= 0.3 is 0 Å². The molecule has 2 aromatic carbocycles. The average Bonchev–Trinajstić information content (AvgIpc) is 2.62. The van der Waals surface area contributed by atoms with Crippen LogP contribution >= 0.6 is 0 Å². The molecular weight excluding hydrogens is 294 g/mol. The first-order chi connectivity index (χ1) is 11.7. The third-order valence-corrected chi connectivity index (χ3v) is 4.16. The number of nitrogens with zero attached hydrogens (tertiary/aromatic N) is 2. The zero-order valence-corrected chi connectivity index (χ0v) is 14.2. The molecule has 2 aromatic rings. The van der Waals surface area contributed by atoms with Gasteiger partial charge < -0.3 is 5.32 Å². The Kier molecular flexibility index (Phi) is 5.24. The molecule has 0 radical (unpaired) electrons. The molecule has 0 saturated carbocycles. The largest absolute Gasteiger partial charge is 0.361 e. The zero-order valence-electron chi connectivity index (χ0n) is 14.2. The zero-order chi connectivity index (χ0) is 16.8. The lowest BCUT2D eigenvalue weighted by Gasteiger charge is -2.27. The molecule has 1 N–H and O–H groups in total. The van der Waals surface area contributed by atoms with Gasteiger partial charge in [-0.2, -0.15) is 0 Å². The van der Waals surface area contributed by atoms with Gasteiger partial charge in [0.1, 0.15) is 0 Å². The molecule has 0 bridgehead atoms. The number of hydrogen-bond acceptors (Lipinski definition) is 3. The Morgan fingerprint density at radius 1 is 0.958 bits per heavy atom. The molecule has 0 unspecified atom stereocenters. The van der Waals surface area contributed by atoms with Crippen molar-refractivity contribution < 1.29 is 0 Å². The first-order valence-electron chi connectivity index (χ1n) is 8.21. The number of para-hydroxylation sites is 2. The van der Waals surface area contributed by atoms with Crippen LogP contribution in [0.5, 0.6) is 0 Å². The number of likely N-dealkylation sites (N-methyl/N-ethyl adjacent to an activating group) is 1. The topological polar surface area (TPSA) is 27.6 Å². The van der Waals surface area contributed by atoms with Crippen molar-refractivity contribution in [3.63, 3.8) is 0 Å². The minimum absolute atomic E-state index is 0.921. The van der Waals surface area contributed by atoms with E-state index >= 15 is 0 Å². The van der Waals surface area contributed by atoms with Gasteiger partial charge in [0.15, 0.2) is 0 Å². The minimum atomic E-state index is 0.921. The summed E-state index contributed by atoms with van der Waals surface area (Å²) in [6.45, 7) is 4.04. The van der Waals surface area contributed by atoms with Crippen LogP contribution in [-0.4, -0.2) is 31.3 Å². The fourth-order valence-corrected chi connectivity index (χ4v) is 2.74. The summed E-state index contributed by atoms with van der Waals surface area (Å²) in [6, 6.07) is 20.3. The van der Waals surface area contributed by atoms with Crippen LogP contribution in [0.1, 0.15) is 6.92 Å². The van der Waals surface area contributed by atoms with E-state index in [1.54, 1.807) is 0 Å². The Balaban J connectivity index is 1.81. The van der Waals surface area contributed by atoms with Crippen molar-refractivity contribution in [1.29, 1.82) is 0 Å². The van der Waals surface area contributed by atoms with E-state index in [1.807, 2.05) is 54.7 Å². The lowest BCUT2D eigenvalue weighted by molar-refractivity contribution is 0.388. The summed E-state index contributed by atoms with van der Waals surface area (Å²) in [5, 5.41) is 3.39. The van der Waals surface area contributed by atoms with Crippen molar-refractivity contribution in [2.45, 2.75) is 6.92 Å². The normalized spacial score (nSPS) is 17.7. The van der Waals surface area contributed by atoms with E-state index in [4.69, 9.17) is 0 Å². The Morgan fingerprint density at radius 2 is 1.62 bits per heavy atom. The molecule has 3 heteroatoms. The molecule has 1 aliphatic rings. The average molecular weight is 317 g/mol. The predicted molar refractivity (Wildman–Crippen MR) is 103 cm³/mol. The highest BCUT2D eigenvalue weighted by Crippen LogP contribution is 2.22. The van der Waals surface area contributed by atoms with Crippen molar-refractivity contribution in [2.24, 2.45) is 4.99 Å². The van der Waals surface area contributed by atoms with Crippen LogP contribution in [0.4, 0.5) is 11.4 Å². The fraction of sp³-hybridized carbons (Fsp3) is 0.190. The van der Waals surface area contributed by atoms with Crippen molar-refractivity contribution in [2.75, 3.05) is 25.5 Å². The summed E-state index contributed by atoms with van der Waals surface area (Å²) >= 11 is 0. The number of anilines is 1. The van der Waals surface area contributed by atoms with Gasteiger partial charge in [-0.3, -0.25) is 9.89 Å². The van der Waals surface area contributed by atoms with Crippen LogP contribution in [-0.2, 0) is 0 Å². The van der Waals surface area contributed by atoms with Crippen LogP contribution in [0.25, 0.3) is 0 Å². The smallest absolute Gasteiger partial charge is 0.0629 e. The van der Waals surface area contributed by atoms with Crippen molar-refractivity contribution >= 4 is 17.6 Å². The summed E-state index contributed by atoms with van der Waals surface area (Å²) in [4.78, 5) is 6.91. The molecule has 3 nitrogen and oxygen atoms in total. The van der Waals surface area contributed by atoms with E-state index in [0.717, 1.165) is 24.5 Å². The molecule has 0 saturated heterocycles. The van der Waals surface area contributed by atoms with Crippen LogP contribution in [0.15, 0.2) is 88.6 Å². The molecule has 0 atom stereocenters. The first kappa shape index (κ1) is 16.2. The van der Waals surface area contributed by atoms with Gasteiger partial charge in [0.25, 0.3) is 0 Å². The number of benzene rings is 2. The summed E-state index contributed by atoms with van der Waals surface area (Å²) < 4.78 is 0. The van der Waals surface area contributed by atoms with Gasteiger partial charge in [-0.1, -0.05) is 36.4 Å². The van der Waals surface area contributed by atoms with E-state index in [1.165, 1.54) is 16.7 Å².